The molecule has 116 valence electrons. The zero-order valence-corrected chi connectivity index (χ0v) is 13.1. The molecule has 1 aromatic carbocycles. The summed E-state index contributed by atoms with van der Waals surface area (Å²) in [5.74, 6) is -0.800. The van der Waals surface area contributed by atoms with Gasteiger partial charge in [-0.05, 0) is 25.5 Å². The maximum absolute atomic E-state index is 12.2. The third-order valence-electron chi connectivity index (χ3n) is 2.90. The van der Waals surface area contributed by atoms with Crippen molar-refractivity contribution in [3.8, 4) is 0 Å². The maximum atomic E-state index is 12.2. The van der Waals surface area contributed by atoms with Gasteiger partial charge in [-0.3, -0.25) is 9.59 Å². The largest absolute Gasteiger partial charge is 0.348 e. The van der Waals surface area contributed by atoms with Crippen molar-refractivity contribution in [2.45, 2.75) is 26.4 Å². The number of aromatic nitrogens is 2. The van der Waals surface area contributed by atoms with E-state index < -0.39 is 5.91 Å². The average Bonchev–Trinajstić information content (AvgIpc) is 2.95. The zero-order chi connectivity index (χ0) is 16.1. The van der Waals surface area contributed by atoms with E-state index in [0.29, 0.717) is 5.02 Å². The number of nitrogens with zero attached hydrogens (tertiary/aromatic N) is 1. The Labute approximate surface area is 133 Å². The van der Waals surface area contributed by atoms with Gasteiger partial charge in [-0.1, -0.05) is 29.8 Å². The molecule has 1 heterocycles. The second-order valence-electron chi connectivity index (χ2n) is 5.03. The standard InChI is InChI=1S/C15H17ClN4O2/c1-9(2)20-15(22)13-12(18-8-19-13)14(21)17-7-10-5-3-4-6-11(10)16/h3-6,8-9H,7H2,1-2H3,(H,17,21)(H,18,19)(H,20,22). The molecule has 0 fully saturated rings. The van der Waals surface area contributed by atoms with Gasteiger partial charge in [0.15, 0.2) is 5.69 Å². The van der Waals surface area contributed by atoms with Crippen LogP contribution in [0.15, 0.2) is 30.6 Å². The molecule has 0 radical (unpaired) electrons. The van der Waals surface area contributed by atoms with Crippen LogP contribution < -0.4 is 10.6 Å². The molecule has 6 nitrogen and oxygen atoms in total. The summed E-state index contributed by atoms with van der Waals surface area (Å²) in [6.07, 6.45) is 1.32. The fourth-order valence-electron chi connectivity index (χ4n) is 1.88. The molecule has 2 rings (SSSR count). The van der Waals surface area contributed by atoms with Gasteiger partial charge in [0.25, 0.3) is 11.8 Å². The van der Waals surface area contributed by atoms with Crippen LogP contribution in [0.1, 0.15) is 40.4 Å². The first kappa shape index (κ1) is 16.0. The van der Waals surface area contributed by atoms with E-state index in [0.717, 1.165) is 5.56 Å². The molecular formula is C15H17ClN4O2. The first-order valence-corrected chi connectivity index (χ1v) is 7.22. The molecule has 0 bridgehead atoms. The Kier molecular flexibility index (Phi) is 5.16. The summed E-state index contributed by atoms with van der Waals surface area (Å²) < 4.78 is 0. The fourth-order valence-corrected chi connectivity index (χ4v) is 2.08. The van der Waals surface area contributed by atoms with Crippen molar-refractivity contribution < 1.29 is 9.59 Å². The molecule has 0 aliphatic rings. The number of rotatable bonds is 5. The molecule has 3 N–H and O–H groups in total. The molecule has 7 heteroatoms. The number of hydrogen-bond donors (Lipinski definition) is 3. The number of hydrogen-bond acceptors (Lipinski definition) is 3. The number of carbonyl (C=O) groups excluding carboxylic acids is 2. The Balaban J connectivity index is 2.06. The highest BCUT2D eigenvalue weighted by atomic mass is 35.5. The van der Waals surface area contributed by atoms with E-state index in [2.05, 4.69) is 20.6 Å². The van der Waals surface area contributed by atoms with E-state index in [1.807, 2.05) is 32.0 Å². The van der Waals surface area contributed by atoms with Crippen molar-refractivity contribution in [1.29, 1.82) is 0 Å². The number of carbonyl (C=O) groups is 2. The lowest BCUT2D eigenvalue weighted by Gasteiger charge is -2.09. The zero-order valence-electron chi connectivity index (χ0n) is 12.3. The summed E-state index contributed by atoms with van der Waals surface area (Å²) in [6, 6.07) is 7.19. The molecule has 1 aromatic heterocycles. The normalized spacial score (nSPS) is 10.5. The monoisotopic (exact) mass is 320 g/mol. The number of aromatic amines is 1. The summed E-state index contributed by atoms with van der Waals surface area (Å²) >= 11 is 6.04. The van der Waals surface area contributed by atoms with Gasteiger partial charge in [0.05, 0.1) is 6.33 Å². The van der Waals surface area contributed by atoms with Gasteiger partial charge in [0.1, 0.15) is 5.69 Å². The van der Waals surface area contributed by atoms with Gasteiger partial charge in [-0.25, -0.2) is 4.98 Å². The van der Waals surface area contributed by atoms with Crippen LogP contribution in [-0.4, -0.2) is 27.8 Å². The number of nitrogens with one attached hydrogen (secondary N) is 3. The molecular weight excluding hydrogens is 304 g/mol. The highest BCUT2D eigenvalue weighted by Crippen LogP contribution is 2.14. The molecule has 2 aromatic rings. The van der Waals surface area contributed by atoms with E-state index >= 15 is 0 Å². The molecule has 0 saturated heterocycles. The van der Waals surface area contributed by atoms with Crippen molar-refractivity contribution in [3.63, 3.8) is 0 Å². The van der Waals surface area contributed by atoms with Crippen LogP contribution in [0.2, 0.25) is 5.02 Å². The van der Waals surface area contributed by atoms with Crippen LogP contribution in [-0.2, 0) is 6.54 Å². The Morgan fingerprint density at radius 1 is 1.27 bits per heavy atom. The minimum absolute atomic E-state index is 0.0387. The third-order valence-corrected chi connectivity index (χ3v) is 3.27. The van der Waals surface area contributed by atoms with Gasteiger partial charge in [-0.2, -0.15) is 0 Å². The highest BCUT2D eigenvalue weighted by Gasteiger charge is 2.20. The van der Waals surface area contributed by atoms with Gasteiger partial charge < -0.3 is 15.6 Å². The second kappa shape index (κ2) is 7.09. The second-order valence-corrected chi connectivity index (χ2v) is 5.44. The minimum atomic E-state index is -0.411. The molecule has 0 unspecified atom stereocenters. The summed E-state index contributed by atoms with van der Waals surface area (Å²) in [6.45, 7) is 3.94. The SMILES string of the molecule is CC(C)NC(=O)c1nc[nH]c1C(=O)NCc1ccccc1Cl. The van der Waals surface area contributed by atoms with Crippen LogP contribution in [0.4, 0.5) is 0 Å². The van der Waals surface area contributed by atoms with Crippen molar-refractivity contribution >= 4 is 23.4 Å². The van der Waals surface area contributed by atoms with Crippen molar-refractivity contribution in [3.05, 3.63) is 52.6 Å². The molecule has 22 heavy (non-hydrogen) atoms. The Bertz CT molecular complexity index is 682. The highest BCUT2D eigenvalue weighted by molar-refractivity contribution is 6.31. The van der Waals surface area contributed by atoms with Crippen molar-refractivity contribution in [1.82, 2.24) is 20.6 Å². The number of amides is 2. The van der Waals surface area contributed by atoms with Crippen LogP contribution in [0.5, 0.6) is 0 Å². The van der Waals surface area contributed by atoms with Crippen LogP contribution in [0, 0.1) is 0 Å². The molecule has 0 spiro atoms. The molecule has 0 aliphatic carbocycles. The summed E-state index contributed by atoms with van der Waals surface area (Å²) in [7, 11) is 0. The summed E-state index contributed by atoms with van der Waals surface area (Å²) in [4.78, 5) is 30.8. The quantitative estimate of drug-likeness (QED) is 0.788. The lowest BCUT2D eigenvalue weighted by atomic mass is 10.2. The smallest absolute Gasteiger partial charge is 0.272 e. The van der Waals surface area contributed by atoms with E-state index in [1.54, 1.807) is 6.07 Å². The Morgan fingerprint density at radius 2 is 2.00 bits per heavy atom. The van der Waals surface area contributed by atoms with Crippen LogP contribution >= 0.6 is 11.6 Å². The molecule has 2 amide bonds. The summed E-state index contributed by atoms with van der Waals surface area (Å²) in [5.41, 5.74) is 1.00. The predicted octanol–water partition coefficient (Wildman–Crippen LogP) is 2.13. The average molecular weight is 321 g/mol. The van der Waals surface area contributed by atoms with E-state index in [-0.39, 0.29) is 29.9 Å². The van der Waals surface area contributed by atoms with Crippen LogP contribution in [0.3, 0.4) is 0 Å². The lowest BCUT2D eigenvalue weighted by molar-refractivity contribution is 0.0907. The van der Waals surface area contributed by atoms with Gasteiger partial charge in [0.2, 0.25) is 0 Å². The number of halogens is 1. The first-order valence-electron chi connectivity index (χ1n) is 6.85. The third kappa shape index (κ3) is 3.85. The van der Waals surface area contributed by atoms with Crippen molar-refractivity contribution in [2.75, 3.05) is 0 Å². The van der Waals surface area contributed by atoms with Gasteiger partial charge in [-0.15, -0.1) is 0 Å². The minimum Gasteiger partial charge on any atom is -0.348 e. The Hall–Kier alpha value is -2.34. The van der Waals surface area contributed by atoms with E-state index in [9.17, 15) is 9.59 Å². The van der Waals surface area contributed by atoms with E-state index in [4.69, 9.17) is 11.6 Å². The summed E-state index contributed by atoms with van der Waals surface area (Å²) in [5, 5.41) is 5.99. The maximum Gasteiger partial charge on any atom is 0.272 e. The first-order chi connectivity index (χ1) is 10.5. The molecule has 0 atom stereocenters. The Morgan fingerprint density at radius 3 is 2.68 bits per heavy atom. The van der Waals surface area contributed by atoms with Gasteiger partial charge >= 0.3 is 0 Å². The molecule has 0 saturated carbocycles. The van der Waals surface area contributed by atoms with Crippen LogP contribution in [0.25, 0.3) is 0 Å². The topological polar surface area (TPSA) is 86.9 Å². The van der Waals surface area contributed by atoms with Crippen molar-refractivity contribution in [2.24, 2.45) is 0 Å². The number of imidazole rings is 1. The van der Waals surface area contributed by atoms with Gasteiger partial charge in [0, 0.05) is 17.6 Å². The number of H-pyrrole nitrogens is 1. The lowest BCUT2D eigenvalue weighted by Crippen LogP contribution is -2.33. The molecule has 0 aliphatic heterocycles. The number of benzene rings is 1. The van der Waals surface area contributed by atoms with E-state index in [1.165, 1.54) is 6.33 Å². The fraction of sp³-hybridized carbons (Fsp3) is 0.267. The predicted molar refractivity (Wildman–Crippen MR) is 83.8 cm³/mol.